The summed E-state index contributed by atoms with van der Waals surface area (Å²) in [6.45, 7) is 0. The number of hydrogen-bond acceptors (Lipinski definition) is 3. The topological polar surface area (TPSA) is 86.6 Å². The fourth-order valence-corrected chi connectivity index (χ4v) is 1.14. The Bertz CT molecular complexity index is 383. The molecule has 0 radical (unpaired) electrons. The van der Waals surface area contributed by atoms with E-state index in [9.17, 15) is 8.42 Å². The van der Waals surface area contributed by atoms with Gasteiger partial charge in [0.25, 0.3) is 0 Å². The van der Waals surface area contributed by atoms with Crippen LogP contribution >= 0.6 is 0 Å². The Labute approximate surface area is 99.4 Å². The van der Waals surface area contributed by atoms with Crippen LogP contribution in [0.1, 0.15) is 1.43 Å². The summed E-state index contributed by atoms with van der Waals surface area (Å²) < 4.78 is 30.7. The van der Waals surface area contributed by atoms with Gasteiger partial charge in [-0.15, -0.1) is 0 Å². The predicted molar refractivity (Wildman–Crippen MR) is 44.4 cm³/mol. The van der Waals surface area contributed by atoms with Crippen molar-refractivity contribution in [3.63, 3.8) is 0 Å². The van der Waals surface area contributed by atoms with Crippen LogP contribution in [-0.2, 0) is 10.3 Å². The van der Waals surface area contributed by atoms with Gasteiger partial charge in [-0.05, 0) is 12.1 Å². The second-order valence-corrected chi connectivity index (χ2v) is 3.28. The van der Waals surface area contributed by atoms with Crippen LogP contribution in [0, 0.1) is 0 Å². The van der Waals surface area contributed by atoms with Gasteiger partial charge in [0.2, 0.25) is 0 Å². The van der Waals surface area contributed by atoms with Gasteiger partial charge in [0, 0.05) is 6.07 Å². The van der Waals surface area contributed by atoms with Crippen LogP contribution < -0.4 is 34.3 Å². The van der Waals surface area contributed by atoms with Gasteiger partial charge in [-0.2, -0.15) is 8.42 Å². The number of hydrogen-bond donors (Lipinski definition) is 3. The van der Waals surface area contributed by atoms with Crippen molar-refractivity contribution in [2.24, 2.45) is 0 Å². The molecule has 13 heavy (non-hydrogen) atoms. The van der Waals surface area contributed by atoms with E-state index in [1.807, 2.05) is 0 Å². The molecule has 0 heterocycles. The molecule has 0 aliphatic rings. The van der Waals surface area contributed by atoms with Crippen molar-refractivity contribution >= 4 is 16.0 Å². The fraction of sp³-hybridized carbons (Fsp3) is 0. The molecule has 0 aromatic heterocycles. The Kier molecular flexibility index (Phi) is 4.72. The van der Waals surface area contributed by atoms with E-state index in [0.29, 0.717) is 0 Å². The summed E-state index contributed by atoms with van der Waals surface area (Å²) in [4.78, 5) is 0. The summed E-state index contributed by atoms with van der Waals surface area (Å²) in [7, 11) is -4.26. The van der Waals surface area contributed by atoms with Crippen LogP contribution in [0.5, 0.6) is 5.75 Å². The Morgan fingerprint density at radius 2 is 2.00 bits per heavy atom. The minimum Gasteiger partial charge on any atom is -1.00 e. The van der Waals surface area contributed by atoms with Crippen molar-refractivity contribution in [1.29, 1.82) is 0 Å². The Morgan fingerprint density at radius 3 is 2.46 bits per heavy atom. The first-order chi connectivity index (χ1) is 5.47. The van der Waals surface area contributed by atoms with Crippen LogP contribution in [0.4, 0.5) is 5.69 Å². The van der Waals surface area contributed by atoms with Crippen molar-refractivity contribution in [2.45, 2.75) is 0 Å². The second-order valence-electron chi connectivity index (χ2n) is 2.13. The predicted octanol–water partition coefficient (Wildman–Crippen LogP) is -2.28. The Morgan fingerprint density at radius 1 is 1.38 bits per heavy atom. The van der Waals surface area contributed by atoms with E-state index in [0.717, 1.165) is 0 Å². The molecule has 0 saturated carbocycles. The first-order valence-corrected chi connectivity index (χ1v) is 4.46. The zero-order valence-corrected chi connectivity index (χ0v) is 9.75. The van der Waals surface area contributed by atoms with E-state index < -0.39 is 10.3 Å². The quantitative estimate of drug-likeness (QED) is 0.381. The largest absolute Gasteiger partial charge is 1.00 e. The molecule has 0 fully saturated rings. The average Bonchev–Trinajstić information content (AvgIpc) is 1.82. The zero-order chi connectivity index (χ0) is 9.19. The molecule has 0 unspecified atom stereocenters. The normalized spacial score (nSPS) is 10.2. The fourth-order valence-electron chi connectivity index (χ4n) is 0.718. The number of phenolic OH excluding ortho intramolecular Hbond substituents is 1. The smallest absolute Gasteiger partial charge is 1.00 e. The van der Waals surface area contributed by atoms with Crippen LogP contribution in [-0.4, -0.2) is 18.1 Å². The third-order valence-electron chi connectivity index (χ3n) is 1.09. The molecule has 0 aliphatic heterocycles. The van der Waals surface area contributed by atoms with E-state index in [1.54, 1.807) is 4.72 Å². The molecule has 0 saturated heterocycles. The first kappa shape index (κ1) is 12.7. The SMILES string of the molecule is O=S(=O)(O)Nc1cccc(O)c1.[H-].[Na+]. The maximum absolute atomic E-state index is 10.3. The van der Waals surface area contributed by atoms with Gasteiger partial charge in [-0.1, -0.05) is 6.07 Å². The van der Waals surface area contributed by atoms with Gasteiger partial charge in [0.05, 0.1) is 5.69 Å². The van der Waals surface area contributed by atoms with E-state index in [1.165, 1.54) is 24.3 Å². The number of benzene rings is 1. The molecule has 1 aromatic carbocycles. The Hall–Kier alpha value is -0.270. The van der Waals surface area contributed by atoms with Crippen LogP contribution in [0.15, 0.2) is 24.3 Å². The molecular formula is C6H8NNaO4S. The summed E-state index contributed by atoms with van der Waals surface area (Å²) in [6.07, 6.45) is 0. The van der Waals surface area contributed by atoms with E-state index in [4.69, 9.17) is 9.66 Å². The number of phenols is 1. The van der Waals surface area contributed by atoms with Crippen LogP contribution in [0.25, 0.3) is 0 Å². The molecule has 68 valence electrons. The van der Waals surface area contributed by atoms with Gasteiger partial charge >= 0.3 is 39.9 Å². The maximum Gasteiger partial charge on any atom is 1.00 e. The first-order valence-electron chi connectivity index (χ1n) is 3.02. The third-order valence-corrected chi connectivity index (χ3v) is 1.59. The van der Waals surface area contributed by atoms with Gasteiger partial charge in [0.1, 0.15) is 5.75 Å². The molecule has 0 spiro atoms. The summed E-state index contributed by atoms with van der Waals surface area (Å²) in [6, 6.07) is 5.40. The number of rotatable bonds is 2. The zero-order valence-electron chi connectivity index (χ0n) is 7.93. The summed E-state index contributed by atoms with van der Waals surface area (Å²) in [5, 5.41) is 8.89. The van der Waals surface area contributed by atoms with Gasteiger partial charge < -0.3 is 6.53 Å². The van der Waals surface area contributed by atoms with Gasteiger partial charge in [-0.3, -0.25) is 9.27 Å². The Balaban J connectivity index is 0. The number of nitrogens with one attached hydrogen (secondary N) is 1. The van der Waals surface area contributed by atoms with E-state index in [2.05, 4.69) is 0 Å². The molecular weight excluding hydrogens is 205 g/mol. The van der Waals surface area contributed by atoms with Gasteiger partial charge in [0.15, 0.2) is 0 Å². The summed E-state index contributed by atoms with van der Waals surface area (Å²) >= 11 is 0. The molecule has 7 heteroatoms. The summed E-state index contributed by atoms with van der Waals surface area (Å²) in [5.41, 5.74) is 0.109. The van der Waals surface area contributed by atoms with Gasteiger partial charge in [-0.25, -0.2) is 0 Å². The van der Waals surface area contributed by atoms with Crippen molar-refractivity contribution in [3.8, 4) is 5.75 Å². The van der Waals surface area contributed by atoms with E-state index in [-0.39, 0.29) is 42.4 Å². The molecule has 0 aliphatic carbocycles. The van der Waals surface area contributed by atoms with Crippen molar-refractivity contribution in [3.05, 3.63) is 24.3 Å². The minimum absolute atomic E-state index is 0. The maximum atomic E-state index is 10.3. The molecule has 5 nitrogen and oxygen atoms in total. The van der Waals surface area contributed by atoms with E-state index >= 15 is 0 Å². The molecule has 0 atom stereocenters. The monoisotopic (exact) mass is 213 g/mol. The number of anilines is 1. The molecule has 1 rings (SSSR count). The minimum atomic E-state index is -4.26. The third kappa shape index (κ3) is 5.12. The van der Waals surface area contributed by atoms with Crippen LogP contribution in [0.3, 0.4) is 0 Å². The summed E-state index contributed by atoms with van der Waals surface area (Å²) in [5.74, 6) is -0.0800. The molecule has 3 N–H and O–H groups in total. The van der Waals surface area contributed by atoms with Crippen molar-refractivity contribution in [2.75, 3.05) is 4.72 Å². The second kappa shape index (κ2) is 4.83. The standard InChI is InChI=1S/C6H7NO4S.Na.H/c8-6-3-1-2-5(4-6)7-12(9,10)11;;/h1-4,7-8H,(H,9,10,11);;/q;+1;-1. The molecule has 0 amide bonds. The van der Waals surface area contributed by atoms with Crippen molar-refractivity contribution < 1.29 is 49.1 Å². The van der Waals surface area contributed by atoms with Crippen molar-refractivity contribution in [1.82, 2.24) is 0 Å². The molecule has 1 aromatic rings. The number of aromatic hydroxyl groups is 1. The average molecular weight is 213 g/mol. The molecule has 0 bridgehead atoms. The van der Waals surface area contributed by atoms with Crippen LogP contribution in [0.2, 0.25) is 0 Å².